The number of quaternary nitrogens is 1. The predicted octanol–water partition coefficient (Wildman–Crippen LogP) is 0.334. The highest BCUT2D eigenvalue weighted by Crippen LogP contribution is 2.21. The van der Waals surface area contributed by atoms with Gasteiger partial charge in [-0.1, -0.05) is 12.1 Å². The number of anilines is 1. The molecule has 7 nitrogen and oxygen atoms in total. The highest BCUT2D eigenvalue weighted by molar-refractivity contribution is 6.32. The van der Waals surface area contributed by atoms with E-state index in [0.717, 1.165) is 30.1 Å². The third kappa shape index (κ3) is 4.16. The number of barbiturate groups is 1. The van der Waals surface area contributed by atoms with E-state index in [-0.39, 0.29) is 0 Å². The molecular formula is C19H25N4O3+. The second-order valence-corrected chi connectivity index (χ2v) is 6.90. The van der Waals surface area contributed by atoms with Gasteiger partial charge in [0.15, 0.2) is 5.92 Å². The number of amides is 4. The average molecular weight is 357 g/mol. The van der Waals surface area contributed by atoms with Crippen molar-refractivity contribution < 1.29 is 19.3 Å². The van der Waals surface area contributed by atoms with Crippen molar-refractivity contribution >= 4 is 29.7 Å². The van der Waals surface area contributed by atoms with Crippen molar-refractivity contribution in [1.82, 2.24) is 5.32 Å². The minimum absolute atomic E-state index is 0.455. The Labute approximate surface area is 153 Å². The van der Waals surface area contributed by atoms with Crippen molar-refractivity contribution in [3.8, 4) is 0 Å². The first kappa shape index (κ1) is 18.3. The number of rotatable bonds is 5. The first-order chi connectivity index (χ1) is 12.6. The maximum absolute atomic E-state index is 12.7. The molecule has 2 aliphatic rings. The van der Waals surface area contributed by atoms with Crippen LogP contribution in [0.1, 0.15) is 24.8 Å². The summed E-state index contributed by atoms with van der Waals surface area (Å²) < 4.78 is 0. The highest BCUT2D eigenvalue weighted by Gasteiger charge is 2.40. The maximum Gasteiger partial charge on any atom is 0.335 e. The van der Waals surface area contributed by atoms with Gasteiger partial charge in [-0.15, -0.1) is 0 Å². The molecule has 7 heteroatoms. The second kappa shape index (κ2) is 8.23. The molecule has 1 aromatic rings. The molecule has 1 aromatic carbocycles. The van der Waals surface area contributed by atoms with E-state index < -0.39 is 23.8 Å². The summed E-state index contributed by atoms with van der Waals surface area (Å²) in [4.78, 5) is 43.7. The van der Waals surface area contributed by atoms with Crippen LogP contribution in [0.3, 0.4) is 0 Å². The Balaban J connectivity index is 1.66. The first-order valence-electron chi connectivity index (χ1n) is 9.15. The van der Waals surface area contributed by atoms with Gasteiger partial charge < -0.3 is 4.90 Å². The van der Waals surface area contributed by atoms with E-state index >= 15 is 0 Å². The molecule has 0 bridgehead atoms. The Bertz CT molecular complexity index is 725. The Morgan fingerprint density at radius 3 is 2.73 bits per heavy atom. The number of hydrogen-bond acceptors (Lipinski definition) is 4. The van der Waals surface area contributed by atoms with Crippen LogP contribution in [-0.2, 0) is 9.59 Å². The largest absolute Gasteiger partial charge is 0.335 e. The summed E-state index contributed by atoms with van der Waals surface area (Å²) in [5.41, 5.74) is 1.38. The Kier molecular flexibility index (Phi) is 5.78. The van der Waals surface area contributed by atoms with Gasteiger partial charge in [-0.05, 0) is 43.9 Å². The van der Waals surface area contributed by atoms with Crippen molar-refractivity contribution in [2.24, 2.45) is 10.9 Å². The maximum atomic E-state index is 12.7. The Morgan fingerprint density at radius 1 is 1.23 bits per heavy atom. The van der Waals surface area contributed by atoms with Crippen LogP contribution in [0.15, 0.2) is 29.3 Å². The minimum atomic E-state index is -1.07. The topological polar surface area (TPSA) is 83.3 Å². The fraction of sp³-hybridized carbons (Fsp3) is 0.474. The molecule has 4 amide bonds. The van der Waals surface area contributed by atoms with E-state index in [0.29, 0.717) is 12.2 Å². The summed E-state index contributed by atoms with van der Waals surface area (Å²) >= 11 is 0. The lowest BCUT2D eigenvalue weighted by molar-refractivity contribution is -0.903. The number of piperidine rings is 1. The second-order valence-electron chi connectivity index (χ2n) is 6.90. The van der Waals surface area contributed by atoms with Crippen LogP contribution < -0.4 is 15.1 Å². The molecule has 1 atom stereocenters. The zero-order valence-electron chi connectivity index (χ0n) is 15.0. The van der Waals surface area contributed by atoms with Crippen molar-refractivity contribution in [3.63, 3.8) is 0 Å². The number of imide groups is 2. The summed E-state index contributed by atoms with van der Waals surface area (Å²) in [6.07, 6.45) is 5.18. The van der Waals surface area contributed by atoms with E-state index in [2.05, 4.69) is 10.3 Å². The molecule has 0 spiro atoms. The molecule has 0 unspecified atom stereocenters. The molecule has 0 aliphatic carbocycles. The van der Waals surface area contributed by atoms with E-state index in [4.69, 9.17) is 0 Å². The Morgan fingerprint density at radius 2 is 2.00 bits per heavy atom. The molecule has 26 heavy (non-hydrogen) atoms. The lowest BCUT2D eigenvalue weighted by atomic mass is 10.1. The number of urea groups is 1. The third-order valence-electron chi connectivity index (χ3n) is 4.87. The number of aliphatic imine (C=N–C) groups is 1. The minimum Gasteiger partial charge on any atom is -0.333 e. The Hall–Kier alpha value is -2.54. The fourth-order valence-electron chi connectivity index (χ4n) is 3.44. The van der Waals surface area contributed by atoms with Crippen LogP contribution in [0.25, 0.3) is 0 Å². The third-order valence-corrected chi connectivity index (χ3v) is 4.87. The molecule has 2 heterocycles. The van der Waals surface area contributed by atoms with Crippen molar-refractivity contribution in [1.29, 1.82) is 0 Å². The zero-order chi connectivity index (χ0) is 18.5. The molecule has 0 aromatic heterocycles. The summed E-state index contributed by atoms with van der Waals surface area (Å²) in [5, 5.41) is 2.25. The monoisotopic (exact) mass is 357 g/mol. The van der Waals surface area contributed by atoms with Gasteiger partial charge in [0.2, 0.25) is 5.91 Å². The van der Waals surface area contributed by atoms with Gasteiger partial charge >= 0.3 is 6.03 Å². The number of benzene rings is 1. The van der Waals surface area contributed by atoms with Gasteiger partial charge in [0.1, 0.15) is 0 Å². The van der Waals surface area contributed by atoms with Gasteiger partial charge in [0.25, 0.3) is 5.91 Å². The van der Waals surface area contributed by atoms with Crippen LogP contribution >= 0.6 is 0 Å². The lowest BCUT2D eigenvalue weighted by Gasteiger charge is -2.28. The summed E-state index contributed by atoms with van der Waals surface area (Å²) in [6.45, 7) is 5.68. The number of aryl methyl sites for hydroxylation is 1. The molecule has 138 valence electrons. The SMILES string of the molecule is Cc1cccc(N2C(=O)NC(=O)[C@@H](C=NCC[NH+]3CCCCC3)C2=O)c1. The standard InChI is InChI=1S/C19H24N4O3/c1-14-6-5-7-15(12-14)23-18(25)16(17(24)21-19(23)26)13-20-8-11-22-9-3-2-4-10-22/h5-7,12-13,16H,2-4,8-11H2,1H3,(H,21,24,26)/p+1/t16-/m1/s1. The molecule has 2 aliphatic heterocycles. The van der Waals surface area contributed by atoms with Gasteiger partial charge in [-0.2, -0.15) is 0 Å². The van der Waals surface area contributed by atoms with Crippen molar-refractivity contribution in [2.45, 2.75) is 26.2 Å². The van der Waals surface area contributed by atoms with Crippen molar-refractivity contribution in [2.75, 3.05) is 31.1 Å². The number of nitrogens with zero attached hydrogens (tertiary/aromatic N) is 2. The summed E-state index contributed by atoms with van der Waals surface area (Å²) in [5.74, 6) is -2.24. The number of carbonyl (C=O) groups is 3. The molecule has 2 saturated heterocycles. The number of nitrogens with one attached hydrogen (secondary N) is 2. The molecule has 2 N–H and O–H groups in total. The first-order valence-corrected chi connectivity index (χ1v) is 9.15. The van der Waals surface area contributed by atoms with Gasteiger partial charge in [0, 0.05) is 6.21 Å². The molecule has 0 saturated carbocycles. The predicted molar refractivity (Wildman–Crippen MR) is 98.5 cm³/mol. The lowest BCUT2D eigenvalue weighted by Crippen LogP contribution is -3.13. The number of hydrogen-bond donors (Lipinski definition) is 2. The number of likely N-dealkylation sites (tertiary alicyclic amines) is 1. The smallest absolute Gasteiger partial charge is 0.333 e. The van der Waals surface area contributed by atoms with Gasteiger partial charge in [0.05, 0.1) is 31.9 Å². The van der Waals surface area contributed by atoms with Crippen LogP contribution in [0.2, 0.25) is 0 Å². The van der Waals surface area contributed by atoms with Gasteiger partial charge in [-0.25, -0.2) is 9.69 Å². The van der Waals surface area contributed by atoms with Crippen LogP contribution in [-0.4, -0.2) is 50.2 Å². The highest BCUT2D eigenvalue weighted by atomic mass is 16.2. The van der Waals surface area contributed by atoms with Crippen LogP contribution in [0, 0.1) is 12.8 Å². The normalized spacial score (nSPS) is 22.1. The molecular weight excluding hydrogens is 332 g/mol. The van der Waals surface area contributed by atoms with Crippen LogP contribution in [0.4, 0.5) is 10.5 Å². The fourth-order valence-corrected chi connectivity index (χ4v) is 3.44. The number of carbonyl (C=O) groups excluding carboxylic acids is 3. The summed E-state index contributed by atoms with van der Waals surface area (Å²) in [7, 11) is 0. The van der Waals surface area contributed by atoms with E-state index in [9.17, 15) is 14.4 Å². The van der Waals surface area contributed by atoms with E-state index in [1.807, 2.05) is 13.0 Å². The van der Waals surface area contributed by atoms with E-state index in [1.165, 1.54) is 30.4 Å². The summed E-state index contributed by atoms with van der Waals surface area (Å²) in [6, 6.07) is 6.35. The van der Waals surface area contributed by atoms with Gasteiger partial charge in [-0.3, -0.25) is 19.9 Å². The average Bonchev–Trinajstić information content (AvgIpc) is 2.61. The van der Waals surface area contributed by atoms with Crippen molar-refractivity contribution in [3.05, 3.63) is 29.8 Å². The van der Waals surface area contributed by atoms with E-state index in [1.54, 1.807) is 18.2 Å². The van der Waals surface area contributed by atoms with Crippen LogP contribution in [0.5, 0.6) is 0 Å². The molecule has 0 radical (unpaired) electrons. The molecule has 3 rings (SSSR count). The quantitative estimate of drug-likeness (QED) is 0.589. The zero-order valence-corrected chi connectivity index (χ0v) is 15.0. The molecule has 2 fully saturated rings.